The average Bonchev–Trinajstić information content (AvgIpc) is 2.83. The van der Waals surface area contributed by atoms with Crippen LogP contribution in [-0.4, -0.2) is 39.7 Å². The lowest BCUT2D eigenvalue weighted by Crippen LogP contribution is -2.46. The average molecular weight is 396 g/mol. The SMILES string of the molecule is CC1CCN(C[C@@H](C)NC(=O)[C@@]2(C)CC2(Br)Br)CC1. The summed E-state index contributed by atoms with van der Waals surface area (Å²) in [5, 5.41) is 3.16. The number of nitrogens with one attached hydrogen (secondary N) is 1. The molecule has 2 fully saturated rings. The number of hydrogen-bond acceptors (Lipinski definition) is 2. The number of hydrogen-bond donors (Lipinski definition) is 1. The Balaban J connectivity index is 1.76. The predicted octanol–water partition coefficient (Wildman–Crippen LogP) is 3.12. The summed E-state index contributed by atoms with van der Waals surface area (Å²) in [5.74, 6) is 1.01. The summed E-state index contributed by atoms with van der Waals surface area (Å²) in [4.78, 5) is 14.7. The molecule has 2 atom stereocenters. The molecule has 0 spiro atoms. The molecular formula is C14H24Br2N2O. The van der Waals surface area contributed by atoms with Crippen LogP contribution in [0.1, 0.15) is 40.0 Å². The molecule has 0 aromatic rings. The summed E-state index contributed by atoms with van der Waals surface area (Å²) < 4.78 is -0.197. The van der Waals surface area contributed by atoms with Crippen LogP contribution >= 0.6 is 31.9 Å². The van der Waals surface area contributed by atoms with Gasteiger partial charge in [0, 0.05) is 12.6 Å². The van der Waals surface area contributed by atoms with Gasteiger partial charge in [-0.2, -0.15) is 0 Å². The van der Waals surface area contributed by atoms with E-state index in [2.05, 4.69) is 55.9 Å². The number of likely N-dealkylation sites (tertiary alicyclic amines) is 1. The Hall–Kier alpha value is 0.390. The number of rotatable bonds is 4. The second kappa shape index (κ2) is 5.64. The van der Waals surface area contributed by atoms with Gasteiger partial charge in [-0.05, 0) is 52.1 Å². The molecule has 3 nitrogen and oxygen atoms in total. The van der Waals surface area contributed by atoms with Gasteiger partial charge in [0.2, 0.25) is 5.91 Å². The largest absolute Gasteiger partial charge is 0.352 e. The van der Waals surface area contributed by atoms with Crippen LogP contribution < -0.4 is 5.32 Å². The zero-order chi connectivity index (χ0) is 14.3. The van der Waals surface area contributed by atoms with Crippen molar-refractivity contribution in [3.8, 4) is 0 Å². The molecule has 1 aliphatic carbocycles. The van der Waals surface area contributed by atoms with E-state index in [4.69, 9.17) is 0 Å². The Morgan fingerprint density at radius 2 is 1.95 bits per heavy atom. The van der Waals surface area contributed by atoms with E-state index in [9.17, 15) is 4.79 Å². The van der Waals surface area contributed by atoms with E-state index >= 15 is 0 Å². The maximum absolute atomic E-state index is 12.3. The van der Waals surface area contributed by atoms with Crippen molar-refractivity contribution in [3.05, 3.63) is 0 Å². The fourth-order valence-corrected chi connectivity index (χ4v) is 4.19. The lowest BCUT2D eigenvalue weighted by atomic mass is 9.99. The van der Waals surface area contributed by atoms with Crippen molar-refractivity contribution in [2.45, 2.75) is 49.3 Å². The topological polar surface area (TPSA) is 32.3 Å². The summed E-state index contributed by atoms with van der Waals surface area (Å²) in [7, 11) is 0. The Morgan fingerprint density at radius 3 is 2.42 bits per heavy atom. The van der Waals surface area contributed by atoms with Crippen molar-refractivity contribution < 1.29 is 4.79 Å². The first-order valence-electron chi connectivity index (χ1n) is 7.16. The highest BCUT2D eigenvalue weighted by Gasteiger charge is 2.66. The van der Waals surface area contributed by atoms with Gasteiger partial charge in [-0.1, -0.05) is 38.8 Å². The number of halogens is 2. The summed E-state index contributed by atoms with van der Waals surface area (Å²) in [6, 6.07) is 0.217. The third-order valence-electron chi connectivity index (χ3n) is 4.54. The molecule has 2 rings (SSSR count). The Bertz CT molecular complexity index is 353. The van der Waals surface area contributed by atoms with Crippen LogP contribution in [0.3, 0.4) is 0 Å². The Labute approximate surface area is 133 Å². The highest BCUT2D eigenvalue weighted by molar-refractivity contribution is 9.25. The van der Waals surface area contributed by atoms with E-state index < -0.39 is 0 Å². The monoisotopic (exact) mass is 394 g/mol. The molecule has 5 heteroatoms. The normalized spacial score (nSPS) is 32.9. The Kier molecular flexibility index (Phi) is 4.69. The van der Waals surface area contributed by atoms with Crippen molar-refractivity contribution in [2.24, 2.45) is 11.3 Å². The van der Waals surface area contributed by atoms with Crippen molar-refractivity contribution >= 4 is 37.8 Å². The molecule has 0 bridgehead atoms. The number of amides is 1. The molecule has 0 radical (unpaired) electrons. The van der Waals surface area contributed by atoms with Crippen molar-refractivity contribution in [3.63, 3.8) is 0 Å². The maximum Gasteiger partial charge on any atom is 0.228 e. The highest BCUT2D eigenvalue weighted by atomic mass is 79.9. The fourth-order valence-electron chi connectivity index (χ4n) is 2.71. The number of carbonyl (C=O) groups excluding carboxylic acids is 1. The first-order chi connectivity index (χ1) is 8.74. The molecule has 1 heterocycles. The van der Waals surface area contributed by atoms with Crippen LogP contribution in [0.25, 0.3) is 0 Å². The van der Waals surface area contributed by atoms with E-state index in [1.54, 1.807) is 0 Å². The minimum atomic E-state index is -0.308. The second-order valence-corrected chi connectivity index (χ2v) is 10.3. The lowest BCUT2D eigenvalue weighted by Gasteiger charge is -2.32. The summed E-state index contributed by atoms with van der Waals surface area (Å²) in [6.45, 7) is 9.72. The smallest absolute Gasteiger partial charge is 0.228 e. The lowest BCUT2D eigenvalue weighted by molar-refractivity contribution is -0.126. The van der Waals surface area contributed by atoms with E-state index in [0.717, 1.165) is 18.9 Å². The van der Waals surface area contributed by atoms with E-state index in [1.165, 1.54) is 25.9 Å². The van der Waals surface area contributed by atoms with E-state index in [-0.39, 0.29) is 20.6 Å². The molecule has 0 aromatic heterocycles. The summed E-state index contributed by atoms with van der Waals surface area (Å²) in [5.41, 5.74) is -0.308. The zero-order valence-electron chi connectivity index (χ0n) is 12.0. The van der Waals surface area contributed by atoms with Gasteiger partial charge < -0.3 is 10.2 Å². The van der Waals surface area contributed by atoms with E-state index in [0.29, 0.717) is 0 Å². The van der Waals surface area contributed by atoms with Crippen LogP contribution in [-0.2, 0) is 4.79 Å². The third kappa shape index (κ3) is 3.53. The first kappa shape index (κ1) is 15.8. The number of alkyl halides is 2. The van der Waals surface area contributed by atoms with Crippen LogP contribution in [0.5, 0.6) is 0 Å². The van der Waals surface area contributed by atoms with Crippen molar-refractivity contribution in [1.29, 1.82) is 0 Å². The summed E-state index contributed by atoms with van der Waals surface area (Å²) >= 11 is 7.10. The molecule has 1 aliphatic heterocycles. The maximum atomic E-state index is 12.3. The molecule has 1 saturated heterocycles. The minimum absolute atomic E-state index is 0.152. The molecule has 1 saturated carbocycles. The molecule has 110 valence electrons. The van der Waals surface area contributed by atoms with Gasteiger partial charge in [0.1, 0.15) is 0 Å². The van der Waals surface area contributed by atoms with Gasteiger partial charge in [-0.25, -0.2) is 0 Å². The number of piperidine rings is 1. The van der Waals surface area contributed by atoms with Gasteiger partial charge in [-0.15, -0.1) is 0 Å². The predicted molar refractivity (Wildman–Crippen MR) is 85.8 cm³/mol. The van der Waals surface area contributed by atoms with Crippen LogP contribution in [0.15, 0.2) is 0 Å². The first-order valence-corrected chi connectivity index (χ1v) is 8.74. The van der Waals surface area contributed by atoms with Gasteiger partial charge in [0.25, 0.3) is 0 Å². The fraction of sp³-hybridized carbons (Fsp3) is 0.929. The quantitative estimate of drug-likeness (QED) is 0.741. The highest BCUT2D eigenvalue weighted by Crippen LogP contribution is 2.66. The third-order valence-corrected chi connectivity index (χ3v) is 6.86. The molecule has 0 aromatic carbocycles. The van der Waals surface area contributed by atoms with Gasteiger partial charge in [0.15, 0.2) is 0 Å². The van der Waals surface area contributed by atoms with Crippen molar-refractivity contribution in [2.75, 3.05) is 19.6 Å². The van der Waals surface area contributed by atoms with Gasteiger partial charge in [0.05, 0.1) is 8.65 Å². The van der Waals surface area contributed by atoms with E-state index in [1.807, 2.05) is 6.92 Å². The summed E-state index contributed by atoms with van der Waals surface area (Å²) in [6.07, 6.45) is 3.41. The number of carbonyl (C=O) groups is 1. The molecule has 1 amide bonds. The second-order valence-electron chi connectivity index (χ2n) is 6.57. The van der Waals surface area contributed by atoms with Crippen LogP contribution in [0, 0.1) is 11.3 Å². The molecule has 1 N–H and O–H groups in total. The molecular weight excluding hydrogens is 372 g/mol. The number of nitrogens with zero attached hydrogens (tertiary/aromatic N) is 1. The molecule has 0 unspecified atom stereocenters. The van der Waals surface area contributed by atoms with Crippen LogP contribution in [0.4, 0.5) is 0 Å². The van der Waals surface area contributed by atoms with Crippen LogP contribution in [0.2, 0.25) is 0 Å². The molecule has 19 heavy (non-hydrogen) atoms. The van der Waals surface area contributed by atoms with Crippen molar-refractivity contribution in [1.82, 2.24) is 10.2 Å². The minimum Gasteiger partial charge on any atom is -0.352 e. The molecule has 2 aliphatic rings. The standard InChI is InChI=1S/C14H24Br2N2O/c1-10-4-6-18(7-5-10)8-11(2)17-12(19)13(3)9-14(13,15)16/h10-11H,4-9H2,1-3H3,(H,17,19)/t11-,13-/m1/s1. The Morgan fingerprint density at radius 1 is 1.42 bits per heavy atom. The zero-order valence-corrected chi connectivity index (χ0v) is 15.2. The van der Waals surface area contributed by atoms with Gasteiger partial charge >= 0.3 is 0 Å². The van der Waals surface area contributed by atoms with Gasteiger partial charge in [-0.3, -0.25) is 4.79 Å².